The maximum Gasteiger partial charge on any atom is 0.275 e. The van der Waals surface area contributed by atoms with Crippen molar-refractivity contribution in [3.8, 4) is 11.1 Å². The number of amides is 3. The average Bonchev–Trinajstić information content (AvgIpc) is 3.15. The standard InChI is InChI=1S/C36H34F2N4O3/c1-41(2)23-21-39-33(43)24-31-30-14-8-9-15-32(30)42(22-20-36(31,37)38)35(45)26-16-18-27(19-17-26)40-34(44)29-13-7-6-12-28(29)25-10-4-3-5-11-25/h3-19,24H,20-23H2,1-2H3,(H,39,43)(H,40,44). The molecule has 4 aromatic carbocycles. The third kappa shape index (κ3) is 7.33. The molecular formula is C36H34F2N4O3. The minimum absolute atomic E-state index is 0.122. The molecule has 0 unspecified atom stereocenters. The van der Waals surface area contributed by atoms with Crippen LogP contribution in [0.15, 0.2) is 109 Å². The molecule has 0 saturated heterocycles. The first kappa shape index (κ1) is 31.3. The topological polar surface area (TPSA) is 81.8 Å². The van der Waals surface area contributed by atoms with Crippen molar-refractivity contribution in [1.29, 1.82) is 0 Å². The monoisotopic (exact) mass is 608 g/mol. The minimum Gasteiger partial charge on any atom is -0.351 e. The van der Waals surface area contributed by atoms with Crippen molar-refractivity contribution >= 4 is 34.7 Å². The van der Waals surface area contributed by atoms with Crippen LogP contribution >= 0.6 is 0 Å². The lowest BCUT2D eigenvalue weighted by Gasteiger charge is -2.23. The molecule has 0 atom stereocenters. The molecule has 4 aromatic rings. The van der Waals surface area contributed by atoms with Crippen LogP contribution in [-0.2, 0) is 4.79 Å². The van der Waals surface area contributed by atoms with Gasteiger partial charge < -0.3 is 20.4 Å². The summed E-state index contributed by atoms with van der Waals surface area (Å²) in [4.78, 5) is 42.7. The van der Waals surface area contributed by atoms with Crippen LogP contribution in [0.25, 0.3) is 16.7 Å². The number of nitrogens with zero attached hydrogens (tertiary/aromatic N) is 2. The molecule has 7 nitrogen and oxygen atoms in total. The average molecular weight is 609 g/mol. The van der Waals surface area contributed by atoms with Crippen LogP contribution in [0.4, 0.5) is 20.2 Å². The van der Waals surface area contributed by atoms with E-state index < -0.39 is 29.7 Å². The molecule has 1 aliphatic rings. The molecule has 0 bridgehead atoms. The number of nitrogens with one attached hydrogen (secondary N) is 2. The molecule has 0 fully saturated rings. The van der Waals surface area contributed by atoms with E-state index in [0.717, 1.165) is 17.2 Å². The number of carbonyl (C=O) groups is 3. The molecule has 230 valence electrons. The second kappa shape index (κ2) is 13.7. The SMILES string of the molecule is CN(C)CCNC(=O)C=C1c2ccccc2N(C(=O)c2ccc(NC(=O)c3ccccc3-c3ccccc3)cc2)CCC1(F)F. The Morgan fingerprint density at radius 3 is 2.20 bits per heavy atom. The smallest absolute Gasteiger partial charge is 0.275 e. The highest BCUT2D eigenvalue weighted by Crippen LogP contribution is 2.43. The molecule has 1 aliphatic heterocycles. The predicted octanol–water partition coefficient (Wildman–Crippen LogP) is 6.35. The van der Waals surface area contributed by atoms with Crippen LogP contribution in [-0.4, -0.2) is 62.3 Å². The Labute approximate surface area is 261 Å². The molecule has 0 aliphatic carbocycles. The van der Waals surface area contributed by atoms with E-state index in [0.29, 0.717) is 30.0 Å². The first-order chi connectivity index (χ1) is 21.6. The zero-order valence-corrected chi connectivity index (χ0v) is 25.1. The fourth-order valence-electron chi connectivity index (χ4n) is 5.22. The Kier molecular flexibility index (Phi) is 9.49. The van der Waals surface area contributed by atoms with E-state index in [2.05, 4.69) is 10.6 Å². The maximum absolute atomic E-state index is 15.5. The lowest BCUT2D eigenvalue weighted by molar-refractivity contribution is -0.116. The number of rotatable bonds is 8. The van der Waals surface area contributed by atoms with Crippen molar-refractivity contribution in [1.82, 2.24) is 10.2 Å². The van der Waals surface area contributed by atoms with E-state index in [1.165, 1.54) is 11.0 Å². The molecule has 45 heavy (non-hydrogen) atoms. The van der Waals surface area contributed by atoms with Gasteiger partial charge in [-0.25, -0.2) is 8.78 Å². The van der Waals surface area contributed by atoms with Crippen molar-refractivity contribution in [2.24, 2.45) is 0 Å². The van der Waals surface area contributed by atoms with Crippen molar-refractivity contribution in [2.45, 2.75) is 12.3 Å². The summed E-state index contributed by atoms with van der Waals surface area (Å²) in [6.07, 6.45) is 0.287. The molecule has 5 rings (SSSR count). The fourth-order valence-corrected chi connectivity index (χ4v) is 5.22. The first-order valence-corrected chi connectivity index (χ1v) is 14.6. The summed E-state index contributed by atoms with van der Waals surface area (Å²) < 4.78 is 30.9. The van der Waals surface area contributed by atoms with Gasteiger partial charge in [0, 0.05) is 60.1 Å². The molecule has 1 heterocycles. The molecule has 0 aromatic heterocycles. The van der Waals surface area contributed by atoms with E-state index in [-0.39, 0.29) is 23.6 Å². The first-order valence-electron chi connectivity index (χ1n) is 14.6. The highest BCUT2D eigenvalue weighted by molar-refractivity contribution is 6.11. The van der Waals surface area contributed by atoms with Gasteiger partial charge >= 0.3 is 0 Å². The fraction of sp³-hybridized carbons (Fsp3) is 0.194. The molecule has 9 heteroatoms. The second-order valence-electron chi connectivity index (χ2n) is 11.0. The van der Waals surface area contributed by atoms with Gasteiger partial charge in [0.1, 0.15) is 0 Å². The lowest BCUT2D eigenvalue weighted by atomic mass is 9.97. The Morgan fingerprint density at radius 2 is 1.49 bits per heavy atom. The van der Waals surface area contributed by atoms with Crippen LogP contribution in [0.3, 0.4) is 0 Å². The number of anilines is 2. The van der Waals surface area contributed by atoms with Gasteiger partial charge in [0.15, 0.2) is 0 Å². The largest absolute Gasteiger partial charge is 0.351 e. The number of halogens is 2. The van der Waals surface area contributed by atoms with Gasteiger partial charge in [0.2, 0.25) is 5.91 Å². The summed E-state index contributed by atoms with van der Waals surface area (Å²) in [5, 5.41) is 5.53. The third-order valence-electron chi connectivity index (χ3n) is 7.55. The second-order valence-corrected chi connectivity index (χ2v) is 11.0. The molecule has 0 radical (unpaired) electrons. The molecular weight excluding hydrogens is 574 g/mol. The Hall–Kier alpha value is -5.15. The number of carbonyl (C=O) groups excluding carboxylic acids is 3. The summed E-state index contributed by atoms with van der Waals surface area (Å²) >= 11 is 0. The molecule has 0 saturated carbocycles. The number of para-hydroxylation sites is 1. The summed E-state index contributed by atoms with van der Waals surface area (Å²) in [6, 6.07) is 29.6. The van der Waals surface area contributed by atoms with Gasteiger partial charge in [0.25, 0.3) is 17.7 Å². The number of allylic oxidation sites excluding steroid dienone is 1. The lowest BCUT2D eigenvalue weighted by Crippen LogP contribution is -2.33. The Balaban J connectivity index is 1.36. The van der Waals surface area contributed by atoms with Crippen LogP contribution in [0.2, 0.25) is 0 Å². The van der Waals surface area contributed by atoms with Crippen molar-refractivity contribution in [3.05, 3.63) is 126 Å². The number of fused-ring (bicyclic) bond motifs is 1. The highest BCUT2D eigenvalue weighted by atomic mass is 19.3. The van der Waals surface area contributed by atoms with Gasteiger partial charge in [-0.05, 0) is 61.6 Å². The summed E-state index contributed by atoms with van der Waals surface area (Å²) in [6.45, 7) is 0.619. The number of likely N-dealkylation sites (N-methyl/N-ethyl adjacent to an activating group) is 1. The summed E-state index contributed by atoms with van der Waals surface area (Å²) in [5.74, 6) is -4.73. The normalized spacial score (nSPS) is 14.9. The Bertz CT molecular complexity index is 1720. The number of hydrogen-bond acceptors (Lipinski definition) is 4. The third-order valence-corrected chi connectivity index (χ3v) is 7.55. The zero-order valence-electron chi connectivity index (χ0n) is 25.1. The van der Waals surface area contributed by atoms with Gasteiger partial charge in [-0.15, -0.1) is 0 Å². The Morgan fingerprint density at radius 1 is 0.844 bits per heavy atom. The van der Waals surface area contributed by atoms with E-state index in [9.17, 15) is 14.4 Å². The molecule has 2 N–H and O–H groups in total. The maximum atomic E-state index is 15.5. The predicted molar refractivity (Wildman–Crippen MR) is 173 cm³/mol. The van der Waals surface area contributed by atoms with Gasteiger partial charge in [0.05, 0.1) is 5.69 Å². The summed E-state index contributed by atoms with van der Waals surface area (Å²) in [7, 11) is 3.70. The van der Waals surface area contributed by atoms with Crippen LogP contribution in [0.5, 0.6) is 0 Å². The van der Waals surface area contributed by atoms with Crippen LogP contribution < -0.4 is 15.5 Å². The number of hydrogen-bond donors (Lipinski definition) is 2. The van der Waals surface area contributed by atoms with E-state index in [1.54, 1.807) is 54.6 Å². The number of alkyl halides is 2. The van der Waals surface area contributed by atoms with E-state index in [1.807, 2.05) is 61.5 Å². The molecule has 0 spiro atoms. The van der Waals surface area contributed by atoms with Gasteiger partial charge in [-0.1, -0.05) is 66.7 Å². The van der Waals surface area contributed by atoms with E-state index in [4.69, 9.17) is 0 Å². The minimum atomic E-state index is -3.34. The number of benzene rings is 4. The van der Waals surface area contributed by atoms with Crippen molar-refractivity contribution in [3.63, 3.8) is 0 Å². The quantitative estimate of drug-likeness (QED) is 0.229. The van der Waals surface area contributed by atoms with Gasteiger partial charge in [-0.2, -0.15) is 0 Å². The van der Waals surface area contributed by atoms with Crippen molar-refractivity contribution in [2.75, 3.05) is 43.9 Å². The van der Waals surface area contributed by atoms with Crippen LogP contribution in [0.1, 0.15) is 32.7 Å². The van der Waals surface area contributed by atoms with Gasteiger partial charge in [-0.3, -0.25) is 14.4 Å². The zero-order chi connectivity index (χ0) is 32.0. The van der Waals surface area contributed by atoms with Crippen LogP contribution in [0, 0.1) is 0 Å². The van der Waals surface area contributed by atoms with E-state index >= 15 is 8.78 Å². The highest BCUT2D eigenvalue weighted by Gasteiger charge is 2.41. The summed E-state index contributed by atoms with van der Waals surface area (Å²) in [5.41, 5.74) is 2.94. The van der Waals surface area contributed by atoms with Crippen molar-refractivity contribution < 1.29 is 23.2 Å². The molecule has 3 amide bonds.